The average molecular weight is 595 g/mol. The summed E-state index contributed by atoms with van der Waals surface area (Å²) in [5, 5.41) is 2.65. The zero-order valence-corrected chi connectivity index (χ0v) is 25.7. The number of benzene rings is 2. The van der Waals surface area contributed by atoms with Crippen LogP contribution in [-0.2, 0) is 31.5 Å². The minimum Gasteiger partial charge on any atom is -0.460 e. The Kier molecular flexibility index (Phi) is 9.07. The van der Waals surface area contributed by atoms with Gasteiger partial charge in [-0.1, -0.05) is 36.4 Å². The van der Waals surface area contributed by atoms with Crippen LogP contribution in [0.3, 0.4) is 0 Å². The summed E-state index contributed by atoms with van der Waals surface area (Å²) in [4.78, 5) is 40.0. The molecule has 3 atom stereocenters. The molecule has 6 nitrogen and oxygen atoms in total. The first-order valence-electron chi connectivity index (χ1n) is 15.6. The number of nitrogens with one attached hydrogen (secondary N) is 1. The van der Waals surface area contributed by atoms with Crippen LogP contribution in [0.15, 0.2) is 48.5 Å². The minimum atomic E-state index is -2.98. The number of fused-ring (bicyclic) bond motifs is 1. The molecule has 1 aliphatic heterocycles. The number of hydrogen-bond donors (Lipinski definition) is 1. The van der Waals surface area contributed by atoms with Crippen LogP contribution in [0.5, 0.6) is 0 Å². The van der Waals surface area contributed by atoms with E-state index in [9.17, 15) is 23.2 Å². The van der Waals surface area contributed by atoms with Crippen LogP contribution in [0.4, 0.5) is 14.5 Å². The number of likely N-dealkylation sites (tertiary alicyclic amines) is 1. The molecule has 1 saturated heterocycles. The summed E-state index contributed by atoms with van der Waals surface area (Å²) in [6, 6.07) is 14.6. The predicted molar refractivity (Wildman–Crippen MR) is 162 cm³/mol. The van der Waals surface area contributed by atoms with Crippen LogP contribution in [-0.4, -0.2) is 47.3 Å². The topological polar surface area (TPSA) is 75.7 Å². The summed E-state index contributed by atoms with van der Waals surface area (Å²) >= 11 is 0. The zero-order chi connectivity index (χ0) is 30.9. The molecule has 5 rings (SSSR count). The van der Waals surface area contributed by atoms with Gasteiger partial charge in [0.2, 0.25) is 5.91 Å². The van der Waals surface area contributed by atoms with Gasteiger partial charge in [0.25, 0.3) is 5.92 Å². The van der Waals surface area contributed by atoms with Crippen LogP contribution in [0.2, 0.25) is 0 Å². The number of rotatable bonds is 10. The molecule has 2 saturated carbocycles. The first-order chi connectivity index (χ1) is 20.3. The third kappa shape index (κ3) is 8.08. The Morgan fingerprint density at radius 2 is 1.56 bits per heavy atom. The van der Waals surface area contributed by atoms with E-state index in [1.807, 2.05) is 32.9 Å². The van der Waals surface area contributed by atoms with Gasteiger partial charge in [-0.3, -0.25) is 19.3 Å². The third-order valence-electron chi connectivity index (χ3n) is 9.28. The largest absolute Gasteiger partial charge is 0.460 e. The molecule has 0 aromatic heterocycles. The molecule has 2 aromatic carbocycles. The second kappa shape index (κ2) is 12.5. The molecule has 2 aliphatic carbocycles. The molecule has 2 aromatic rings. The normalized spacial score (nSPS) is 25.6. The number of carbonyl (C=O) groups excluding carboxylic acids is 3. The van der Waals surface area contributed by atoms with Gasteiger partial charge in [0, 0.05) is 56.1 Å². The fraction of sp³-hybridized carbons (Fsp3) is 0.571. The minimum absolute atomic E-state index is 0.0571. The predicted octanol–water partition coefficient (Wildman–Crippen LogP) is 6.87. The van der Waals surface area contributed by atoms with Gasteiger partial charge in [0.15, 0.2) is 0 Å². The van der Waals surface area contributed by atoms with Crippen molar-refractivity contribution in [3.8, 4) is 0 Å². The number of ketones is 1. The summed E-state index contributed by atoms with van der Waals surface area (Å²) in [6.45, 7) is 8.37. The highest BCUT2D eigenvalue weighted by atomic mass is 19.3. The fourth-order valence-electron chi connectivity index (χ4n) is 7.06. The van der Waals surface area contributed by atoms with Gasteiger partial charge < -0.3 is 10.1 Å². The first-order valence-corrected chi connectivity index (χ1v) is 15.6. The highest BCUT2D eigenvalue weighted by molar-refractivity contribution is 5.94. The number of amides is 1. The summed E-state index contributed by atoms with van der Waals surface area (Å²) in [5.41, 5.74) is 2.00. The van der Waals surface area contributed by atoms with Crippen LogP contribution < -0.4 is 5.32 Å². The number of Topliss-reactive ketones (excluding diaryl/α,β-unsaturated/α-hetero) is 1. The van der Waals surface area contributed by atoms with Gasteiger partial charge in [-0.15, -0.1) is 0 Å². The smallest absolute Gasteiger partial charge is 0.310 e. The van der Waals surface area contributed by atoms with Crippen LogP contribution in [0, 0.1) is 17.8 Å². The van der Waals surface area contributed by atoms with E-state index in [4.69, 9.17) is 4.74 Å². The summed E-state index contributed by atoms with van der Waals surface area (Å²) in [5.74, 6) is -1.98. The van der Waals surface area contributed by atoms with Crippen LogP contribution >= 0.6 is 0 Å². The van der Waals surface area contributed by atoms with Crippen molar-refractivity contribution in [3.63, 3.8) is 0 Å². The number of ether oxygens (including phenoxy) is 1. The van der Waals surface area contributed by atoms with Crippen molar-refractivity contribution in [2.75, 3.05) is 18.4 Å². The Bertz CT molecular complexity index is 1310. The van der Waals surface area contributed by atoms with Crippen LogP contribution in [0.25, 0.3) is 0 Å². The number of alkyl halides is 2. The van der Waals surface area contributed by atoms with Crippen molar-refractivity contribution in [2.24, 2.45) is 17.8 Å². The maximum atomic E-state index is 13.6. The quantitative estimate of drug-likeness (QED) is 0.304. The molecule has 8 heteroatoms. The number of halogens is 2. The number of piperidine rings is 1. The number of hydrogen-bond acceptors (Lipinski definition) is 5. The van der Waals surface area contributed by atoms with Crippen molar-refractivity contribution in [3.05, 3.63) is 65.2 Å². The highest BCUT2D eigenvalue weighted by Gasteiger charge is 2.59. The van der Waals surface area contributed by atoms with E-state index in [0.29, 0.717) is 29.5 Å². The lowest BCUT2D eigenvalue weighted by Gasteiger charge is -2.36. The second-order valence-electron chi connectivity index (χ2n) is 13.8. The Balaban J connectivity index is 1.01. The lowest BCUT2D eigenvalue weighted by atomic mass is 9.81. The number of esters is 1. The fourth-order valence-corrected chi connectivity index (χ4v) is 7.06. The van der Waals surface area contributed by atoms with E-state index in [1.165, 1.54) is 23.8 Å². The molecule has 0 bridgehead atoms. The van der Waals surface area contributed by atoms with E-state index >= 15 is 0 Å². The van der Waals surface area contributed by atoms with Crippen molar-refractivity contribution in [1.82, 2.24) is 4.90 Å². The van der Waals surface area contributed by atoms with Crippen LogP contribution in [0.1, 0.15) is 88.8 Å². The van der Waals surface area contributed by atoms with Crippen molar-refractivity contribution >= 4 is 23.3 Å². The molecular weight excluding hydrogens is 550 g/mol. The highest BCUT2D eigenvalue weighted by Crippen LogP contribution is 2.54. The number of nitrogens with zero attached hydrogens (tertiary/aromatic N) is 1. The van der Waals surface area contributed by atoms with E-state index < -0.39 is 11.5 Å². The van der Waals surface area contributed by atoms with Gasteiger partial charge in [-0.25, -0.2) is 8.78 Å². The second-order valence-corrected chi connectivity index (χ2v) is 13.8. The van der Waals surface area contributed by atoms with Crippen molar-refractivity contribution in [2.45, 2.75) is 96.1 Å². The maximum Gasteiger partial charge on any atom is 0.310 e. The zero-order valence-electron chi connectivity index (χ0n) is 25.7. The Morgan fingerprint density at radius 1 is 0.907 bits per heavy atom. The van der Waals surface area contributed by atoms with Gasteiger partial charge in [0.1, 0.15) is 11.4 Å². The molecule has 232 valence electrons. The molecule has 43 heavy (non-hydrogen) atoms. The monoisotopic (exact) mass is 594 g/mol. The molecule has 3 aliphatic rings. The van der Waals surface area contributed by atoms with E-state index in [-0.39, 0.29) is 48.4 Å². The molecular formula is C35H44F2N2O4. The van der Waals surface area contributed by atoms with Gasteiger partial charge in [-0.2, -0.15) is 0 Å². The molecule has 1 N–H and O–H groups in total. The van der Waals surface area contributed by atoms with Gasteiger partial charge in [0.05, 0.1) is 6.42 Å². The van der Waals surface area contributed by atoms with Crippen molar-refractivity contribution in [1.29, 1.82) is 0 Å². The van der Waals surface area contributed by atoms with E-state index in [0.717, 1.165) is 51.3 Å². The van der Waals surface area contributed by atoms with Gasteiger partial charge in [-0.05, 0) is 87.5 Å². The number of carbonyl (C=O) groups is 3. The molecule has 0 radical (unpaired) electrons. The van der Waals surface area contributed by atoms with Gasteiger partial charge >= 0.3 is 5.97 Å². The molecule has 0 spiro atoms. The SMILES string of the molecule is CC(C)(C)OC(=O)Cc1ccc(C2CCC(N3C[C@@H]4C(C(=O)CCC(=O)Nc5cccc(C(C)(F)F)c5)[C@@H]4C3)CC2)cc1. The Labute approximate surface area is 253 Å². The number of anilines is 1. The molecule has 1 heterocycles. The Hall–Kier alpha value is -3.13. The molecule has 3 fully saturated rings. The Morgan fingerprint density at radius 3 is 2.16 bits per heavy atom. The molecule has 1 amide bonds. The summed E-state index contributed by atoms with van der Waals surface area (Å²) < 4.78 is 32.6. The third-order valence-corrected chi connectivity index (χ3v) is 9.28. The standard InChI is InChI=1S/C35H44F2N2O4/c1-34(2,3)43-32(42)18-22-8-10-23(11-9-22)24-12-14-27(15-13-24)39-20-28-29(21-39)33(28)30(40)16-17-31(41)38-26-7-5-6-25(19-26)35(4,36)37/h5-11,19,24,27-29,33H,12-18,20-21H2,1-4H3,(H,38,41)/t24?,27?,28-,29+,33?. The maximum absolute atomic E-state index is 13.6. The molecule has 1 unspecified atom stereocenters. The first kappa shape index (κ1) is 31.3. The summed E-state index contributed by atoms with van der Waals surface area (Å²) in [7, 11) is 0. The van der Waals surface area contributed by atoms with E-state index in [2.05, 4.69) is 22.3 Å². The summed E-state index contributed by atoms with van der Waals surface area (Å²) in [6.07, 6.45) is 5.11. The van der Waals surface area contributed by atoms with E-state index in [1.54, 1.807) is 6.07 Å². The average Bonchev–Trinajstić information content (AvgIpc) is 3.44. The van der Waals surface area contributed by atoms with Crippen molar-refractivity contribution < 1.29 is 27.9 Å². The lowest BCUT2D eigenvalue weighted by molar-refractivity contribution is -0.153. The lowest BCUT2D eigenvalue weighted by Crippen LogP contribution is -2.38.